The Balaban J connectivity index is 2.76. The lowest BCUT2D eigenvalue weighted by atomic mass is 10.2. The number of fused-ring (bicyclic) bond motifs is 1. The van der Waals surface area contributed by atoms with E-state index in [-0.39, 0.29) is 0 Å². The van der Waals surface area contributed by atoms with Gasteiger partial charge >= 0.3 is 0 Å². The topological polar surface area (TPSA) is 14.2 Å². The quantitative estimate of drug-likeness (QED) is 0.684. The molecule has 2 aromatic rings. The second kappa shape index (κ2) is 3.13. The van der Waals surface area contributed by atoms with Crippen molar-refractivity contribution in [3.8, 4) is 5.75 Å². The lowest BCUT2D eigenvalue weighted by Crippen LogP contribution is -1.93. The van der Waals surface area contributed by atoms with E-state index < -0.39 is 0 Å². The Hall–Kier alpha value is -1.44. The maximum Gasteiger partial charge on any atom is 0.143 e. The molecule has 0 aliphatic heterocycles. The van der Waals surface area contributed by atoms with Crippen molar-refractivity contribution in [1.29, 1.82) is 0 Å². The van der Waals surface area contributed by atoms with Crippen molar-refractivity contribution in [3.05, 3.63) is 30.5 Å². The summed E-state index contributed by atoms with van der Waals surface area (Å²) in [5, 5.41) is 1.24. The van der Waals surface area contributed by atoms with E-state index in [1.54, 1.807) is 7.11 Å². The number of hydrogen-bond acceptors (Lipinski definition) is 1. The fourth-order valence-electron chi connectivity index (χ4n) is 1.65. The third kappa shape index (κ3) is 1.18. The van der Waals surface area contributed by atoms with Crippen LogP contribution in [0.5, 0.6) is 5.75 Å². The molecule has 0 N–H and O–H groups in total. The van der Waals surface area contributed by atoms with E-state index in [2.05, 4.69) is 29.8 Å². The van der Waals surface area contributed by atoms with Crippen molar-refractivity contribution in [2.45, 2.75) is 13.5 Å². The smallest absolute Gasteiger partial charge is 0.143 e. The standard InChI is InChI=1S/C11H13NO/c1-3-12-8-7-9-5-4-6-10(13-2)11(9)12/h4-8H,3H2,1-2H3. The van der Waals surface area contributed by atoms with Gasteiger partial charge in [-0.05, 0) is 19.1 Å². The van der Waals surface area contributed by atoms with Crippen LogP contribution in [0.1, 0.15) is 6.92 Å². The van der Waals surface area contributed by atoms with Crippen molar-refractivity contribution >= 4 is 10.9 Å². The third-order valence-electron chi connectivity index (χ3n) is 2.31. The summed E-state index contributed by atoms with van der Waals surface area (Å²) in [4.78, 5) is 0. The van der Waals surface area contributed by atoms with E-state index in [1.165, 1.54) is 10.9 Å². The lowest BCUT2D eigenvalue weighted by molar-refractivity contribution is 0.417. The molecule has 0 spiro atoms. The minimum Gasteiger partial charge on any atom is -0.495 e. The maximum atomic E-state index is 5.31. The summed E-state index contributed by atoms with van der Waals surface area (Å²) in [6, 6.07) is 8.22. The molecule has 0 unspecified atom stereocenters. The van der Waals surface area contributed by atoms with Crippen molar-refractivity contribution in [2.24, 2.45) is 0 Å². The number of nitrogens with zero attached hydrogens (tertiary/aromatic N) is 1. The molecule has 0 saturated carbocycles. The number of benzene rings is 1. The molecule has 0 aliphatic rings. The van der Waals surface area contributed by atoms with Crippen molar-refractivity contribution in [3.63, 3.8) is 0 Å². The molecule has 0 radical (unpaired) electrons. The molecule has 2 nitrogen and oxygen atoms in total. The highest BCUT2D eigenvalue weighted by atomic mass is 16.5. The normalized spacial score (nSPS) is 10.6. The van der Waals surface area contributed by atoms with Gasteiger partial charge < -0.3 is 9.30 Å². The van der Waals surface area contributed by atoms with Crippen LogP contribution in [0.2, 0.25) is 0 Å². The lowest BCUT2D eigenvalue weighted by Gasteiger charge is -2.05. The van der Waals surface area contributed by atoms with Crippen LogP contribution >= 0.6 is 0 Å². The number of hydrogen-bond donors (Lipinski definition) is 0. The SMILES string of the molecule is CCn1ccc2cccc(OC)c21. The summed E-state index contributed by atoms with van der Waals surface area (Å²) in [6.07, 6.45) is 2.09. The van der Waals surface area contributed by atoms with E-state index in [1.807, 2.05) is 12.1 Å². The molecule has 68 valence electrons. The zero-order chi connectivity index (χ0) is 9.26. The highest BCUT2D eigenvalue weighted by Gasteiger charge is 2.04. The monoisotopic (exact) mass is 175 g/mol. The van der Waals surface area contributed by atoms with E-state index >= 15 is 0 Å². The van der Waals surface area contributed by atoms with Crippen LogP contribution in [0, 0.1) is 0 Å². The average molecular weight is 175 g/mol. The molecule has 0 aliphatic carbocycles. The zero-order valence-corrected chi connectivity index (χ0v) is 7.95. The molecule has 13 heavy (non-hydrogen) atoms. The van der Waals surface area contributed by atoms with Gasteiger partial charge in [0.15, 0.2) is 0 Å². The molecular formula is C11H13NO. The fraction of sp³-hybridized carbons (Fsp3) is 0.273. The summed E-state index contributed by atoms with van der Waals surface area (Å²) >= 11 is 0. The van der Waals surface area contributed by atoms with Crippen molar-refractivity contribution in [2.75, 3.05) is 7.11 Å². The number of para-hydroxylation sites is 1. The molecule has 0 bridgehead atoms. The first-order chi connectivity index (χ1) is 6.36. The summed E-state index contributed by atoms with van der Waals surface area (Å²) < 4.78 is 7.50. The number of methoxy groups -OCH3 is 1. The predicted octanol–water partition coefficient (Wildman–Crippen LogP) is 2.67. The summed E-state index contributed by atoms with van der Waals surface area (Å²) in [5.41, 5.74) is 1.19. The van der Waals surface area contributed by atoms with Crippen molar-refractivity contribution in [1.82, 2.24) is 4.57 Å². The largest absolute Gasteiger partial charge is 0.495 e. The Bertz CT molecular complexity index is 417. The summed E-state index contributed by atoms with van der Waals surface area (Å²) in [5.74, 6) is 0.948. The second-order valence-corrected chi connectivity index (χ2v) is 3.00. The highest BCUT2D eigenvalue weighted by Crippen LogP contribution is 2.25. The molecule has 1 aromatic heterocycles. The van der Waals surface area contributed by atoms with Gasteiger partial charge in [0.1, 0.15) is 5.75 Å². The minimum atomic E-state index is 0.948. The average Bonchev–Trinajstić information content (AvgIpc) is 2.60. The zero-order valence-electron chi connectivity index (χ0n) is 7.95. The van der Waals surface area contributed by atoms with Gasteiger partial charge in [0.25, 0.3) is 0 Å². The van der Waals surface area contributed by atoms with Gasteiger partial charge in [-0.2, -0.15) is 0 Å². The number of ether oxygens (including phenoxy) is 1. The van der Waals surface area contributed by atoms with Crippen LogP contribution < -0.4 is 4.74 Å². The van der Waals surface area contributed by atoms with E-state index in [0.717, 1.165) is 12.3 Å². The maximum absolute atomic E-state index is 5.31. The molecule has 1 aromatic carbocycles. The minimum absolute atomic E-state index is 0.948. The highest BCUT2D eigenvalue weighted by molar-refractivity contribution is 5.85. The van der Waals surface area contributed by atoms with Crippen LogP contribution in [-0.2, 0) is 6.54 Å². The van der Waals surface area contributed by atoms with Crippen LogP contribution in [-0.4, -0.2) is 11.7 Å². The first-order valence-corrected chi connectivity index (χ1v) is 4.48. The Kier molecular flexibility index (Phi) is 1.97. The van der Waals surface area contributed by atoms with Gasteiger partial charge in [0, 0.05) is 18.1 Å². The van der Waals surface area contributed by atoms with Gasteiger partial charge in [0.2, 0.25) is 0 Å². The van der Waals surface area contributed by atoms with Crippen LogP contribution in [0.15, 0.2) is 30.5 Å². The first-order valence-electron chi connectivity index (χ1n) is 4.48. The predicted molar refractivity (Wildman–Crippen MR) is 54.2 cm³/mol. The van der Waals surface area contributed by atoms with E-state index in [4.69, 9.17) is 4.74 Å². The number of rotatable bonds is 2. The number of aryl methyl sites for hydroxylation is 1. The van der Waals surface area contributed by atoms with Crippen LogP contribution in [0.4, 0.5) is 0 Å². The molecule has 0 atom stereocenters. The van der Waals surface area contributed by atoms with Gasteiger partial charge in [-0.3, -0.25) is 0 Å². The second-order valence-electron chi connectivity index (χ2n) is 3.00. The van der Waals surface area contributed by atoms with Gasteiger partial charge in [-0.1, -0.05) is 12.1 Å². The molecule has 1 heterocycles. The Labute approximate surface area is 77.7 Å². The fourth-order valence-corrected chi connectivity index (χ4v) is 1.65. The van der Waals surface area contributed by atoms with E-state index in [9.17, 15) is 0 Å². The van der Waals surface area contributed by atoms with Crippen LogP contribution in [0.3, 0.4) is 0 Å². The third-order valence-corrected chi connectivity index (χ3v) is 2.31. The van der Waals surface area contributed by atoms with Crippen LogP contribution in [0.25, 0.3) is 10.9 Å². The molecule has 0 fully saturated rings. The van der Waals surface area contributed by atoms with Gasteiger partial charge in [-0.25, -0.2) is 0 Å². The first kappa shape index (κ1) is 8.17. The Morgan fingerprint density at radius 2 is 2.15 bits per heavy atom. The summed E-state index contributed by atoms with van der Waals surface area (Å²) in [6.45, 7) is 3.11. The molecule has 0 saturated heterocycles. The van der Waals surface area contributed by atoms with Gasteiger partial charge in [0.05, 0.1) is 12.6 Å². The molecule has 0 amide bonds. The Morgan fingerprint density at radius 1 is 1.31 bits per heavy atom. The van der Waals surface area contributed by atoms with E-state index in [0.29, 0.717) is 0 Å². The molecule has 2 rings (SSSR count). The van der Waals surface area contributed by atoms with Crippen molar-refractivity contribution < 1.29 is 4.74 Å². The number of aromatic nitrogens is 1. The summed E-state index contributed by atoms with van der Waals surface area (Å²) in [7, 11) is 1.71. The Morgan fingerprint density at radius 3 is 2.85 bits per heavy atom. The van der Waals surface area contributed by atoms with Gasteiger partial charge in [-0.15, -0.1) is 0 Å². The molecular weight excluding hydrogens is 162 g/mol. The molecule has 2 heteroatoms.